The Bertz CT molecular complexity index is 1330. The fourth-order valence-corrected chi connectivity index (χ4v) is 4.18. The summed E-state index contributed by atoms with van der Waals surface area (Å²) in [5.41, 5.74) is 7.64. The molecule has 2 aromatic heterocycles. The van der Waals surface area contributed by atoms with Gasteiger partial charge in [-0.05, 0) is 98.8 Å². The smallest absolute Gasteiger partial charge is 0.0708 e. The number of fused-ring (bicyclic) bond motifs is 1. The van der Waals surface area contributed by atoms with E-state index in [2.05, 4.69) is 135 Å². The second-order valence-corrected chi connectivity index (χ2v) is 9.57. The molecule has 30 heavy (non-hydrogen) atoms. The minimum absolute atomic E-state index is 0.978. The van der Waals surface area contributed by atoms with Gasteiger partial charge < -0.3 is 0 Å². The van der Waals surface area contributed by atoms with Gasteiger partial charge in [0, 0.05) is 41.6 Å². The van der Waals surface area contributed by atoms with E-state index in [0.717, 1.165) is 33.3 Å². The molecule has 0 saturated heterocycles. The van der Waals surface area contributed by atoms with Gasteiger partial charge in [0.2, 0.25) is 0 Å². The van der Waals surface area contributed by atoms with E-state index in [-0.39, 0.29) is 0 Å². The number of rotatable bonds is 3. The maximum atomic E-state index is 4.72. The van der Waals surface area contributed by atoms with Crippen LogP contribution in [0.2, 0.25) is 0 Å². The Labute approximate surface area is 202 Å². The number of nitrogens with zero attached hydrogens (tertiary/aromatic N) is 2. The minimum atomic E-state index is 0.978. The molecule has 3 aromatic carbocycles. The molecule has 0 bridgehead atoms. The van der Waals surface area contributed by atoms with E-state index in [9.17, 15) is 0 Å². The Kier molecular flexibility index (Phi) is 5.52. The highest BCUT2D eigenvalue weighted by molar-refractivity contribution is 14.1. The van der Waals surface area contributed by atoms with Crippen molar-refractivity contribution in [3.05, 3.63) is 104 Å². The summed E-state index contributed by atoms with van der Waals surface area (Å²) in [5, 5.41) is 1.13. The number of benzene rings is 3. The largest absolute Gasteiger partial charge is 0.256 e. The minimum Gasteiger partial charge on any atom is -0.256 e. The highest BCUT2D eigenvalue weighted by Crippen LogP contribution is 2.28. The molecule has 0 saturated carbocycles. The van der Waals surface area contributed by atoms with Gasteiger partial charge in [0.05, 0.1) is 11.2 Å². The van der Waals surface area contributed by atoms with Crippen molar-refractivity contribution >= 4 is 56.1 Å². The van der Waals surface area contributed by atoms with Gasteiger partial charge in [0.15, 0.2) is 0 Å². The SMILES string of the molecule is Ic1ccc(-c2ccc3cc(-c4ccc(-c5ccc(I)cc5)nc4)cnc3c2)cc1. The number of aromatic nitrogens is 2. The molecule has 4 heteroatoms. The number of pyridine rings is 2. The third kappa shape index (κ3) is 4.11. The van der Waals surface area contributed by atoms with Crippen LogP contribution in [0.1, 0.15) is 0 Å². The van der Waals surface area contributed by atoms with Crippen LogP contribution < -0.4 is 0 Å². The van der Waals surface area contributed by atoms with Crippen LogP contribution in [0.25, 0.3) is 44.4 Å². The van der Waals surface area contributed by atoms with E-state index in [1.54, 1.807) is 0 Å². The molecule has 0 fully saturated rings. The van der Waals surface area contributed by atoms with Gasteiger partial charge in [0.1, 0.15) is 0 Å². The van der Waals surface area contributed by atoms with Crippen LogP contribution in [-0.4, -0.2) is 9.97 Å². The van der Waals surface area contributed by atoms with Crippen molar-refractivity contribution in [1.82, 2.24) is 9.97 Å². The van der Waals surface area contributed by atoms with Crippen molar-refractivity contribution in [2.45, 2.75) is 0 Å². The Morgan fingerprint density at radius 1 is 0.467 bits per heavy atom. The summed E-state index contributed by atoms with van der Waals surface area (Å²) in [5.74, 6) is 0. The second kappa shape index (κ2) is 8.43. The third-order valence-corrected chi connectivity index (χ3v) is 6.54. The first kappa shape index (κ1) is 19.6. The first-order valence-electron chi connectivity index (χ1n) is 9.54. The van der Waals surface area contributed by atoms with E-state index >= 15 is 0 Å². The van der Waals surface area contributed by atoms with Crippen molar-refractivity contribution in [3.8, 4) is 33.5 Å². The van der Waals surface area contributed by atoms with Gasteiger partial charge in [-0.2, -0.15) is 0 Å². The van der Waals surface area contributed by atoms with E-state index in [0.29, 0.717) is 0 Å². The number of hydrogen-bond donors (Lipinski definition) is 0. The number of halogens is 2. The molecule has 0 amide bonds. The Hall–Kier alpha value is -2.32. The molecule has 0 atom stereocenters. The Morgan fingerprint density at radius 3 is 1.73 bits per heavy atom. The van der Waals surface area contributed by atoms with Gasteiger partial charge in [-0.1, -0.05) is 42.5 Å². The molecule has 2 nitrogen and oxygen atoms in total. The van der Waals surface area contributed by atoms with Crippen molar-refractivity contribution in [1.29, 1.82) is 0 Å². The predicted octanol–water partition coefficient (Wildman–Crippen LogP) is 7.84. The fraction of sp³-hybridized carbons (Fsp3) is 0. The van der Waals surface area contributed by atoms with Crippen molar-refractivity contribution < 1.29 is 0 Å². The lowest BCUT2D eigenvalue weighted by Crippen LogP contribution is -1.88. The van der Waals surface area contributed by atoms with Gasteiger partial charge in [-0.3, -0.25) is 9.97 Å². The summed E-state index contributed by atoms with van der Waals surface area (Å²) in [6, 6.07) is 29.8. The highest BCUT2D eigenvalue weighted by atomic mass is 127. The Morgan fingerprint density at radius 2 is 1.07 bits per heavy atom. The normalized spacial score (nSPS) is 11.0. The van der Waals surface area contributed by atoms with Crippen LogP contribution >= 0.6 is 45.2 Å². The van der Waals surface area contributed by atoms with Gasteiger partial charge in [-0.15, -0.1) is 0 Å². The summed E-state index contributed by atoms with van der Waals surface area (Å²) in [6.07, 6.45) is 3.86. The van der Waals surface area contributed by atoms with Crippen LogP contribution in [0.15, 0.2) is 97.3 Å². The van der Waals surface area contributed by atoms with Crippen LogP contribution in [0, 0.1) is 7.14 Å². The van der Waals surface area contributed by atoms with Gasteiger partial charge >= 0.3 is 0 Å². The quantitative estimate of drug-likeness (QED) is 0.195. The van der Waals surface area contributed by atoms with Crippen LogP contribution in [-0.2, 0) is 0 Å². The van der Waals surface area contributed by atoms with Crippen molar-refractivity contribution in [2.24, 2.45) is 0 Å². The standard InChI is InChI=1S/C26H16I2N2/c27-23-8-3-17(4-9-23)19-1-2-20-13-22(16-30-26(20)14-19)21-7-12-25(29-15-21)18-5-10-24(28)11-6-18/h1-16H. The monoisotopic (exact) mass is 610 g/mol. The molecule has 0 spiro atoms. The molecule has 5 rings (SSSR count). The highest BCUT2D eigenvalue weighted by Gasteiger charge is 2.06. The summed E-state index contributed by atoms with van der Waals surface area (Å²) < 4.78 is 2.46. The third-order valence-electron chi connectivity index (χ3n) is 5.10. The summed E-state index contributed by atoms with van der Waals surface area (Å²) in [7, 11) is 0. The maximum Gasteiger partial charge on any atom is 0.0708 e. The molecular weight excluding hydrogens is 594 g/mol. The molecule has 0 N–H and O–H groups in total. The molecule has 5 aromatic rings. The molecule has 144 valence electrons. The van der Waals surface area contributed by atoms with Crippen LogP contribution in [0.5, 0.6) is 0 Å². The molecule has 0 aliphatic heterocycles. The fourth-order valence-electron chi connectivity index (χ4n) is 3.46. The Balaban J connectivity index is 1.45. The van der Waals surface area contributed by atoms with Crippen LogP contribution in [0.4, 0.5) is 0 Å². The molecule has 2 heterocycles. The average molecular weight is 610 g/mol. The number of hydrogen-bond acceptors (Lipinski definition) is 2. The lowest BCUT2D eigenvalue weighted by atomic mass is 10.0. The molecular formula is C26H16I2N2. The van der Waals surface area contributed by atoms with Crippen LogP contribution in [0.3, 0.4) is 0 Å². The van der Waals surface area contributed by atoms with E-state index in [1.165, 1.54) is 18.3 Å². The van der Waals surface area contributed by atoms with Gasteiger partial charge in [-0.25, -0.2) is 0 Å². The van der Waals surface area contributed by atoms with Gasteiger partial charge in [0.25, 0.3) is 0 Å². The molecule has 0 aliphatic carbocycles. The van der Waals surface area contributed by atoms with Crippen molar-refractivity contribution in [3.63, 3.8) is 0 Å². The van der Waals surface area contributed by atoms with E-state index in [1.807, 2.05) is 12.4 Å². The first-order valence-corrected chi connectivity index (χ1v) is 11.7. The van der Waals surface area contributed by atoms with E-state index in [4.69, 9.17) is 4.98 Å². The van der Waals surface area contributed by atoms with Crippen molar-refractivity contribution in [2.75, 3.05) is 0 Å². The molecule has 0 unspecified atom stereocenters. The predicted molar refractivity (Wildman–Crippen MR) is 141 cm³/mol. The molecule has 0 radical (unpaired) electrons. The second-order valence-electron chi connectivity index (χ2n) is 7.08. The summed E-state index contributed by atoms with van der Waals surface area (Å²) in [4.78, 5) is 9.39. The molecule has 0 aliphatic rings. The van der Waals surface area contributed by atoms with E-state index < -0.39 is 0 Å². The average Bonchev–Trinajstić information content (AvgIpc) is 2.79. The summed E-state index contributed by atoms with van der Waals surface area (Å²) >= 11 is 4.64. The summed E-state index contributed by atoms with van der Waals surface area (Å²) in [6.45, 7) is 0. The zero-order chi connectivity index (χ0) is 20.5. The lowest BCUT2D eigenvalue weighted by molar-refractivity contribution is 1.32. The lowest BCUT2D eigenvalue weighted by Gasteiger charge is -2.07. The first-order chi connectivity index (χ1) is 14.7. The maximum absolute atomic E-state index is 4.72. The topological polar surface area (TPSA) is 25.8 Å². The zero-order valence-electron chi connectivity index (χ0n) is 15.9. The zero-order valence-corrected chi connectivity index (χ0v) is 20.2.